The molecule has 1 aromatic heterocycles. The summed E-state index contributed by atoms with van der Waals surface area (Å²) in [5.74, 6) is 1.80. The lowest BCUT2D eigenvalue weighted by atomic mass is 10.4. The van der Waals surface area contributed by atoms with Gasteiger partial charge in [0.25, 0.3) is 0 Å². The Kier molecular flexibility index (Phi) is 3.02. The molecular weight excluding hydrogens is 236 g/mol. The van der Waals surface area contributed by atoms with Crippen LogP contribution in [0.15, 0.2) is 0 Å². The Hall–Kier alpha value is -0.720. The third kappa shape index (κ3) is 2.29. The Morgan fingerprint density at radius 3 is 2.71 bits per heavy atom. The van der Waals surface area contributed by atoms with Crippen LogP contribution >= 0.6 is 12.2 Å². The SMILES string of the molecule is Cn1c(C2CC2)nn(CN2CCOCC2)c1=S. The number of nitrogens with zero attached hydrogens (tertiary/aromatic N) is 4. The lowest BCUT2D eigenvalue weighted by Gasteiger charge is -2.26. The fourth-order valence-corrected chi connectivity index (χ4v) is 2.42. The molecule has 1 saturated heterocycles. The van der Waals surface area contributed by atoms with Gasteiger partial charge in [-0.3, -0.25) is 4.90 Å². The molecule has 2 aliphatic rings. The molecule has 0 bridgehead atoms. The molecule has 0 amide bonds. The first-order valence-electron chi connectivity index (χ1n) is 6.19. The van der Waals surface area contributed by atoms with Crippen LogP contribution in [0.2, 0.25) is 0 Å². The summed E-state index contributed by atoms with van der Waals surface area (Å²) in [6.45, 7) is 4.36. The number of hydrogen-bond acceptors (Lipinski definition) is 4. The molecule has 1 aliphatic carbocycles. The fourth-order valence-electron chi connectivity index (χ4n) is 2.23. The van der Waals surface area contributed by atoms with E-state index >= 15 is 0 Å². The third-order valence-electron chi connectivity index (χ3n) is 3.45. The highest BCUT2D eigenvalue weighted by atomic mass is 32.1. The molecular formula is C11H18N4OS. The lowest BCUT2D eigenvalue weighted by Crippen LogP contribution is -2.37. The van der Waals surface area contributed by atoms with Gasteiger partial charge in [0, 0.05) is 26.1 Å². The molecule has 0 aromatic carbocycles. The molecule has 5 nitrogen and oxygen atoms in total. The smallest absolute Gasteiger partial charge is 0.198 e. The van der Waals surface area contributed by atoms with Gasteiger partial charge in [0.1, 0.15) is 5.82 Å². The summed E-state index contributed by atoms with van der Waals surface area (Å²) in [5.41, 5.74) is 0. The predicted molar refractivity (Wildman–Crippen MR) is 66.4 cm³/mol. The zero-order valence-electron chi connectivity index (χ0n) is 10.1. The van der Waals surface area contributed by atoms with E-state index in [9.17, 15) is 0 Å². The van der Waals surface area contributed by atoms with E-state index in [-0.39, 0.29) is 0 Å². The summed E-state index contributed by atoms with van der Waals surface area (Å²) in [4.78, 5) is 2.34. The normalized spacial score (nSPS) is 21.9. The summed E-state index contributed by atoms with van der Waals surface area (Å²) in [5, 5.41) is 4.66. The van der Waals surface area contributed by atoms with Gasteiger partial charge in [0.15, 0.2) is 4.77 Å². The van der Waals surface area contributed by atoms with Crippen LogP contribution < -0.4 is 0 Å². The van der Waals surface area contributed by atoms with E-state index < -0.39 is 0 Å². The highest BCUT2D eigenvalue weighted by Crippen LogP contribution is 2.38. The summed E-state index contributed by atoms with van der Waals surface area (Å²) in [7, 11) is 2.03. The molecule has 2 heterocycles. The maximum absolute atomic E-state index is 5.44. The molecule has 2 fully saturated rings. The Balaban J connectivity index is 1.77. The van der Waals surface area contributed by atoms with Gasteiger partial charge in [-0.2, -0.15) is 5.10 Å². The molecule has 1 aliphatic heterocycles. The average molecular weight is 254 g/mol. The Bertz CT molecular complexity index is 457. The zero-order valence-corrected chi connectivity index (χ0v) is 10.9. The molecule has 1 saturated carbocycles. The second kappa shape index (κ2) is 4.51. The molecule has 1 aromatic rings. The largest absolute Gasteiger partial charge is 0.379 e. The minimum absolute atomic E-state index is 0.646. The number of hydrogen-bond donors (Lipinski definition) is 0. The molecule has 0 spiro atoms. The van der Waals surface area contributed by atoms with Gasteiger partial charge in [-0.15, -0.1) is 0 Å². The van der Waals surface area contributed by atoms with Gasteiger partial charge in [-0.05, 0) is 25.1 Å². The van der Waals surface area contributed by atoms with Crippen molar-refractivity contribution in [3.63, 3.8) is 0 Å². The van der Waals surface area contributed by atoms with E-state index in [4.69, 9.17) is 17.0 Å². The van der Waals surface area contributed by atoms with Crippen LogP contribution in [0.5, 0.6) is 0 Å². The molecule has 17 heavy (non-hydrogen) atoms. The third-order valence-corrected chi connectivity index (χ3v) is 3.94. The van der Waals surface area contributed by atoms with Crippen molar-refractivity contribution in [2.45, 2.75) is 25.4 Å². The van der Waals surface area contributed by atoms with E-state index in [0.717, 1.165) is 43.6 Å². The Morgan fingerprint density at radius 1 is 1.35 bits per heavy atom. The van der Waals surface area contributed by atoms with Gasteiger partial charge >= 0.3 is 0 Å². The first-order valence-corrected chi connectivity index (χ1v) is 6.60. The second-order valence-electron chi connectivity index (χ2n) is 4.85. The van der Waals surface area contributed by atoms with Crippen molar-refractivity contribution in [3.05, 3.63) is 10.6 Å². The molecule has 3 rings (SSSR count). The first-order chi connectivity index (χ1) is 8.25. The highest BCUT2D eigenvalue weighted by Gasteiger charge is 2.29. The Labute approximate surface area is 106 Å². The van der Waals surface area contributed by atoms with Crippen LogP contribution in [0.1, 0.15) is 24.6 Å². The van der Waals surface area contributed by atoms with E-state index in [0.29, 0.717) is 5.92 Å². The van der Waals surface area contributed by atoms with Crippen LogP contribution in [0.3, 0.4) is 0 Å². The van der Waals surface area contributed by atoms with Crippen molar-refractivity contribution in [2.24, 2.45) is 7.05 Å². The summed E-state index contributed by atoms with van der Waals surface area (Å²) >= 11 is 5.44. The lowest BCUT2D eigenvalue weighted by molar-refractivity contribution is 0.0209. The molecule has 0 atom stereocenters. The molecule has 0 N–H and O–H groups in total. The van der Waals surface area contributed by atoms with E-state index in [1.807, 2.05) is 11.7 Å². The summed E-state index contributed by atoms with van der Waals surface area (Å²) in [6.07, 6.45) is 2.52. The first kappa shape index (κ1) is 11.4. The van der Waals surface area contributed by atoms with Crippen molar-refractivity contribution in [2.75, 3.05) is 26.3 Å². The maximum Gasteiger partial charge on any atom is 0.198 e. The van der Waals surface area contributed by atoms with Crippen molar-refractivity contribution in [3.8, 4) is 0 Å². The Morgan fingerprint density at radius 2 is 2.06 bits per heavy atom. The van der Waals surface area contributed by atoms with Crippen LogP contribution in [0, 0.1) is 4.77 Å². The molecule has 0 unspecified atom stereocenters. The monoisotopic (exact) mass is 254 g/mol. The number of morpholine rings is 1. The standard InChI is InChI=1S/C11H18N4OS/c1-13-10(9-2-3-9)12-15(11(13)17)8-14-4-6-16-7-5-14/h9H,2-8H2,1H3. The van der Waals surface area contributed by atoms with Gasteiger partial charge in [0.2, 0.25) is 0 Å². The quantitative estimate of drug-likeness (QED) is 0.757. The predicted octanol–water partition coefficient (Wildman–Crippen LogP) is 1.12. The minimum atomic E-state index is 0.646. The number of aromatic nitrogens is 3. The van der Waals surface area contributed by atoms with Crippen molar-refractivity contribution >= 4 is 12.2 Å². The van der Waals surface area contributed by atoms with Crippen LogP contribution in [-0.4, -0.2) is 45.6 Å². The van der Waals surface area contributed by atoms with E-state index in [1.165, 1.54) is 12.8 Å². The zero-order chi connectivity index (χ0) is 11.8. The van der Waals surface area contributed by atoms with Crippen LogP contribution in [0.4, 0.5) is 0 Å². The molecule has 94 valence electrons. The van der Waals surface area contributed by atoms with Crippen molar-refractivity contribution < 1.29 is 4.74 Å². The van der Waals surface area contributed by atoms with E-state index in [1.54, 1.807) is 0 Å². The van der Waals surface area contributed by atoms with Crippen LogP contribution in [-0.2, 0) is 18.5 Å². The maximum atomic E-state index is 5.44. The average Bonchev–Trinajstić information content (AvgIpc) is 3.14. The number of ether oxygens (including phenoxy) is 1. The molecule has 6 heteroatoms. The highest BCUT2D eigenvalue weighted by molar-refractivity contribution is 7.71. The fraction of sp³-hybridized carbons (Fsp3) is 0.818. The second-order valence-corrected chi connectivity index (χ2v) is 5.21. The van der Waals surface area contributed by atoms with Crippen molar-refractivity contribution in [1.82, 2.24) is 19.2 Å². The van der Waals surface area contributed by atoms with E-state index in [2.05, 4.69) is 14.6 Å². The summed E-state index contributed by atoms with van der Waals surface area (Å²) in [6, 6.07) is 0. The van der Waals surface area contributed by atoms with Crippen molar-refractivity contribution in [1.29, 1.82) is 0 Å². The number of rotatable bonds is 3. The van der Waals surface area contributed by atoms with Gasteiger partial charge in [-0.25, -0.2) is 4.68 Å². The topological polar surface area (TPSA) is 35.2 Å². The van der Waals surface area contributed by atoms with Crippen LogP contribution in [0.25, 0.3) is 0 Å². The van der Waals surface area contributed by atoms with Gasteiger partial charge < -0.3 is 9.30 Å². The van der Waals surface area contributed by atoms with Gasteiger partial charge in [-0.1, -0.05) is 0 Å². The minimum Gasteiger partial charge on any atom is -0.379 e. The summed E-state index contributed by atoms with van der Waals surface area (Å²) < 4.78 is 10.2. The van der Waals surface area contributed by atoms with Gasteiger partial charge in [0.05, 0.1) is 19.9 Å². The molecule has 0 radical (unpaired) electrons.